The van der Waals surface area contributed by atoms with Gasteiger partial charge in [0.05, 0.1) is 5.56 Å². The van der Waals surface area contributed by atoms with E-state index < -0.39 is 22.5 Å². The number of carbonyl (C=O) groups excluding carboxylic acids is 3. The Morgan fingerprint density at radius 3 is 2.68 bits per heavy atom. The van der Waals surface area contributed by atoms with Gasteiger partial charge in [0, 0.05) is 30.6 Å². The first kappa shape index (κ1) is 20.6. The van der Waals surface area contributed by atoms with Crippen LogP contribution in [0.25, 0.3) is 0 Å². The van der Waals surface area contributed by atoms with E-state index in [0.717, 1.165) is 37.7 Å². The van der Waals surface area contributed by atoms with E-state index in [1.165, 1.54) is 25.7 Å². The van der Waals surface area contributed by atoms with Gasteiger partial charge in [-0.2, -0.15) is 0 Å². The molecule has 0 radical (unpaired) electrons. The number of nitrogens with one attached hydrogen (secondary N) is 3. The summed E-state index contributed by atoms with van der Waals surface area (Å²) in [6, 6.07) is 4.29. The molecule has 0 bridgehead atoms. The maximum Gasteiger partial charge on any atom is 0.347 e. The molecule has 1 saturated carbocycles. The third-order valence-electron chi connectivity index (χ3n) is 7.83. The summed E-state index contributed by atoms with van der Waals surface area (Å²) >= 11 is 0. The van der Waals surface area contributed by atoms with Gasteiger partial charge < -0.3 is 15.8 Å². The van der Waals surface area contributed by atoms with Crippen molar-refractivity contribution in [2.75, 3.05) is 25.0 Å². The second-order valence-corrected chi connectivity index (χ2v) is 9.80. The molecule has 3 amide bonds. The number of rotatable bonds is 5. The molecule has 1 aromatic carbocycles. The molecule has 166 valence electrons. The highest BCUT2D eigenvalue weighted by Gasteiger charge is 2.50. The number of hydrogen-bond acceptors (Lipinski definition) is 6. The Labute approximate surface area is 181 Å². The van der Waals surface area contributed by atoms with Crippen LogP contribution in [-0.4, -0.2) is 48.0 Å². The Kier molecular flexibility index (Phi) is 5.11. The molecular weight excluding hydrogens is 396 g/mol. The number of anilines is 1. The van der Waals surface area contributed by atoms with E-state index in [1.807, 2.05) is 6.07 Å². The highest BCUT2D eigenvalue weighted by molar-refractivity contribution is 6.02. The smallest absolute Gasteiger partial charge is 0.347 e. The fraction of sp³-hybridized carbons (Fsp3) is 0.609. The van der Waals surface area contributed by atoms with Gasteiger partial charge in [0.15, 0.2) is 6.04 Å². The third-order valence-corrected chi connectivity index (χ3v) is 7.83. The Morgan fingerprint density at radius 1 is 1.16 bits per heavy atom. The molecule has 3 aliphatic heterocycles. The van der Waals surface area contributed by atoms with Crippen molar-refractivity contribution in [3.8, 4) is 0 Å². The second-order valence-electron chi connectivity index (χ2n) is 9.80. The van der Waals surface area contributed by atoms with Crippen LogP contribution >= 0.6 is 0 Å². The highest BCUT2D eigenvalue weighted by Crippen LogP contribution is 2.52. The molecular formula is C23H30N4O4. The van der Waals surface area contributed by atoms with Crippen molar-refractivity contribution in [3.63, 3.8) is 0 Å². The molecule has 3 N–H and O–H groups in total. The van der Waals surface area contributed by atoms with Gasteiger partial charge in [0.1, 0.15) is 6.54 Å². The molecule has 0 aromatic heterocycles. The van der Waals surface area contributed by atoms with E-state index >= 15 is 0 Å². The van der Waals surface area contributed by atoms with Crippen molar-refractivity contribution < 1.29 is 19.0 Å². The molecule has 1 aliphatic carbocycles. The molecule has 1 spiro atoms. The minimum absolute atomic E-state index is 0.0663. The summed E-state index contributed by atoms with van der Waals surface area (Å²) in [6.07, 6.45) is 6.46. The maximum absolute atomic E-state index is 13.5. The first-order valence-electron chi connectivity index (χ1n) is 11.4. The number of imide groups is 1. The zero-order chi connectivity index (χ0) is 21.6. The minimum Gasteiger partial charge on any atom is -0.624 e. The number of fused-ring (bicyclic) bond motifs is 1. The van der Waals surface area contributed by atoms with Gasteiger partial charge >= 0.3 is 5.91 Å². The normalized spacial score (nSPS) is 30.1. The van der Waals surface area contributed by atoms with E-state index in [1.54, 1.807) is 12.1 Å². The first-order valence-corrected chi connectivity index (χ1v) is 11.4. The zero-order valence-electron chi connectivity index (χ0n) is 17.7. The van der Waals surface area contributed by atoms with Gasteiger partial charge in [-0.15, -0.1) is 0 Å². The lowest BCUT2D eigenvalue weighted by atomic mass is 9.57. The largest absolute Gasteiger partial charge is 0.624 e. The van der Waals surface area contributed by atoms with Crippen molar-refractivity contribution in [3.05, 3.63) is 34.5 Å². The lowest BCUT2D eigenvalue weighted by Gasteiger charge is -2.50. The van der Waals surface area contributed by atoms with Gasteiger partial charge in [0.25, 0.3) is 5.91 Å². The number of amides is 3. The Bertz CT molecular complexity index is 918. The van der Waals surface area contributed by atoms with Crippen LogP contribution in [-0.2, 0) is 16.1 Å². The predicted octanol–water partition coefficient (Wildman–Crippen LogP) is 2.04. The van der Waals surface area contributed by atoms with Crippen molar-refractivity contribution >= 4 is 23.4 Å². The SMILES string of the molecule is O=C1CCC([N+]2([O-])Cc3c(NCCC4CC5(CCNCC5)C4)cccc3C2=O)C(=O)N1. The topological polar surface area (TPSA) is 110 Å². The van der Waals surface area contributed by atoms with Crippen molar-refractivity contribution in [1.82, 2.24) is 10.6 Å². The van der Waals surface area contributed by atoms with Crippen LogP contribution in [0.5, 0.6) is 0 Å². The number of nitrogens with zero attached hydrogens (tertiary/aromatic N) is 1. The lowest BCUT2D eigenvalue weighted by Crippen LogP contribution is -2.60. The van der Waals surface area contributed by atoms with Gasteiger partial charge in [-0.05, 0) is 68.7 Å². The fourth-order valence-electron chi connectivity index (χ4n) is 6.11. The number of hydroxylamine groups is 3. The standard InChI is InChI=1S/C23H30N4O4/c28-20-5-4-19(21(29)26-20)27(31)14-17-16(22(27)30)2-1-3-18(17)25-9-6-15-12-23(13-15)7-10-24-11-8-23/h1-3,15,19,24-25H,4-14H2,(H,26,28,29). The quantitative estimate of drug-likeness (QED) is 0.378. The van der Waals surface area contributed by atoms with Crippen molar-refractivity contribution in [2.45, 2.75) is 57.5 Å². The predicted molar refractivity (Wildman–Crippen MR) is 115 cm³/mol. The van der Waals surface area contributed by atoms with Crippen LogP contribution < -0.4 is 16.0 Å². The Balaban J connectivity index is 1.22. The van der Waals surface area contributed by atoms with Crippen LogP contribution in [0, 0.1) is 16.5 Å². The Morgan fingerprint density at radius 2 is 1.94 bits per heavy atom. The molecule has 4 aliphatic rings. The molecule has 8 heteroatoms. The number of benzene rings is 1. The summed E-state index contributed by atoms with van der Waals surface area (Å²) in [5, 5.41) is 22.6. The molecule has 2 saturated heterocycles. The van der Waals surface area contributed by atoms with Gasteiger partial charge in [-0.25, -0.2) is 4.79 Å². The first-order chi connectivity index (χ1) is 14.9. The lowest BCUT2D eigenvalue weighted by molar-refractivity contribution is -0.825. The van der Waals surface area contributed by atoms with Crippen LogP contribution in [0.2, 0.25) is 0 Å². The summed E-state index contributed by atoms with van der Waals surface area (Å²) in [4.78, 5) is 36.7. The Hall–Kier alpha value is -2.29. The monoisotopic (exact) mass is 426 g/mol. The van der Waals surface area contributed by atoms with Crippen LogP contribution in [0.4, 0.5) is 5.69 Å². The maximum atomic E-state index is 13.5. The summed E-state index contributed by atoms with van der Waals surface area (Å²) in [5.41, 5.74) is 2.46. The van der Waals surface area contributed by atoms with E-state index in [4.69, 9.17) is 0 Å². The number of piperidine rings is 2. The fourth-order valence-corrected chi connectivity index (χ4v) is 6.11. The van der Waals surface area contributed by atoms with E-state index in [-0.39, 0.29) is 25.3 Å². The summed E-state index contributed by atoms with van der Waals surface area (Å²) < 4.78 is -1.23. The van der Waals surface area contributed by atoms with Gasteiger partial charge in [0.2, 0.25) is 5.91 Å². The average Bonchev–Trinajstić information content (AvgIpc) is 2.99. The summed E-state index contributed by atoms with van der Waals surface area (Å²) in [7, 11) is 0. The molecule has 3 heterocycles. The van der Waals surface area contributed by atoms with E-state index in [2.05, 4.69) is 16.0 Å². The molecule has 2 atom stereocenters. The molecule has 3 fully saturated rings. The number of hydrogen-bond donors (Lipinski definition) is 3. The van der Waals surface area contributed by atoms with Crippen LogP contribution in [0.15, 0.2) is 18.2 Å². The van der Waals surface area contributed by atoms with E-state index in [0.29, 0.717) is 16.5 Å². The van der Waals surface area contributed by atoms with E-state index in [9.17, 15) is 19.6 Å². The number of quaternary nitrogens is 1. The molecule has 8 nitrogen and oxygen atoms in total. The average molecular weight is 427 g/mol. The zero-order valence-corrected chi connectivity index (χ0v) is 17.7. The number of carbonyl (C=O) groups is 3. The van der Waals surface area contributed by atoms with Crippen LogP contribution in [0.1, 0.15) is 60.9 Å². The van der Waals surface area contributed by atoms with Crippen molar-refractivity contribution in [2.24, 2.45) is 11.3 Å². The third kappa shape index (κ3) is 3.56. The molecule has 2 unspecified atom stereocenters. The van der Waals surface area contributed by atoms with Gasteiger partial charge in [-0.3, -0.25) is 19.6 Å². The molecule has 5 rings (SSSR count). The summed E-state index contributed by atoms with van der Waals surface area (Å²) in [5.74, 6) is -0.873. The van der Waals surface area contributed by atoms with Crippen molar-refractivity contribution in [1.29, 1.82) is 0 Å². The van der Waals surface area contributed by atoms with Gasteiger partial charge in [-0.1, -0.05) is 6.07 Å². The van der Waals surface area contributed by atoms with Crippen LogP contribution in [0.3, 0.4) is 0 Å². The highest BCUT2D eigenvalue weighted by atomic mass is 16.6. The molecule has 1 aromatic rings. The summed E-state index contributed by atoms with van der Waals surface area (Å²) in [6.45, 7) is 3.01. The molecule has 31 heavy (non-hydrogen) atoms. The minimum atomic E-state index is -1.23. The second kappa shape index (κ2) is 7.69.